The van der Waals surface area contributed by atoms with Crippen molar-refractivity contribution >= 4 is 105 Å². The average Bonchev–Trinajstić information content (AvgIpc) is 1.59. The quantitative estimate of drug-likeness (QED) is 0.0149. The molecule has 7 aromatic rings. The van der Waals surface area contributed by atoms with Crippen LogP contribution in [0.4, 0.5) is 11.5 Å². The third-order valence-corrected chi connectivity index (χ3v) is 30.5. The van der Waals surface area contributed by atoms with Crippen LogP contribution in [0.2, 0.25) is 0 Å². The molecule has 13 heterocycles. The minimum absolute atomic E-state index is 0.0103. The average molecular weight is 2200 g/mol. The van der Waals surface area contributed by atoms with Crippen LogP contribution < -0.4 is 62.2 Å². The van der Waals surface area contributed by atoms with Crippen LogP contribution in [0.3, 0.4) is 0 Å². The molecule has 6 fully saturated rings. The molecule has 0 bridgehead atoms. The summed E-state index contributed by atoms with van der Waals surface area (Å²) in [5, 5.41) is 11.9. The summed E-state index contributed by atoms with van der Waals surface area (Å²) in [6.07, 6.45) is -27.9. The second-order valence-corrected chi connectivity index (χ2v) is 45.7. The summed E-state index contributed by atoms with van der Waals surface area (Å²) >= 11 is 22.8. The Labute approximate surface area is 830 Å². The van der Waals surface area contributed by atoms with Gasteiger partial charge in [0.25, 0.3) is 22.2 Å². The highest BCUT2D eigenvalue weighted by atomic mass is 32.5. The van der Waals surface area contributed by atoms with Crippen LogP contribution in [0.15, 0.2) is 92.7 Å². The number of imidazole rings is 1. The second kappa shape index (κ2) is 49.4. The van der Waals surface area contributed by atoms with Crippen molar-refractivity contribution in [2.75, 3.05) is 146 Å². The number of nitrogens with zero attached hydrogens (tertiary/aromatic N) is 9. The first-order valence-corrected chi connectivity index (χ1v) is 55.8. The largest absolute Gasteiger partial charge is 0.472 e. The predicted octanol–water partition coefficient (Wildman–Crippen LogP) is -1.72. The van der Waals surface area contributed by atoms with Crippen LogP contribution >= 0.6 is 34.7 Å². The lowest BCUT2D eigenvalue weighted by molar-refractivity contribution is -0.0849. The van der Waals surface area contributed by atoms with Crippen LogP contribution in [0.25, 0.3) is 11.2 Å². The topological polar surface area (TPSA) is 716 Å². The molecule has 66 heteroatoms. The van der Waals surface area contributed by atoms with Crippen molar-refractivity contribution in [3.8, 4) is 0 Å². The number of phosphoric acid groups is 1. The molecule has 0 spiro atoms. The first kappa shape index (κ1) is 114. The van der Waals surface area contributed by atoms with E-state index in [4.69, 9.17) is 180 Å². The molecule has 0 aliphatic carbocycles. The summed E-state index contributed by atoms with van der Waals surface area (Å²) in [6, 6.07) is 1.53. The lowest BCUT2D eigenvalue weighted by atomic mass is 10.1. The van der Waals surface area contributed by atoms with Crippen molar-refractivity contribution in [3.63, 3.8) is 0 Å². The van der Waals surface area contributed by atoms with E-state index in [0.717, 1.165) is 41.4 Å². The minimum atomic E-state index is -5.92. The third kappa shape index (κ3) is 27.8. The number of hydrogen-bond acceptors (Lipinski definition) is 46. The number of aromatic amines is 4. The van der Waals surface area contributed by atoms with Crippen molar-refractivity contribution in [3.05, 3.63) is 171 Å². The van der Waals surface area contributed by atoms with Crippen LogP contribution in [0, 0.1) is 34.6 Å². The highest BCUT2D eigenvalue weighted by Crippen LogP contribution is 2.58. The van der Waals surface area contributed by atoms with E-state index in [1.165, 1.54) is 106 Å². The fourth-order valence-corrected chi connectivity index (χ4v) is 23.0. The fourth-order valence-electron chi connectivity index (χ4n) is 16.2. The maximum absolute atomic E-state index is 15.4. The standard InChI is InChI=1S/C77H112N15O42P5S4/c1-12-43-44(25-50(124-43)87-27-38(3)64(94)83-74(87)99)130-136(105,140)121-34-48-55(60(117-23-18-112-10)71(128-48)90-29-40(5)66(96)85-76(90)101)134-138(107,142)122-33-47-53(58(115-21-16-110-8)69(127-47)88-26-37(2)62(79)82-73(88)98)131-135(103,104)119-32-46-54(59(116-22-17-111-9)70(126-46)89-28-39(4)65(95)84-75(89)100)132-139(108,143)123-35-49-56(61(118-24-19-113-11)72(129-49)91-30-41(6)67(97)86-77(91)102)133-137(106,141)120-31-45-52(93)57(114-20-15-109-7)68(125-45)92-36-81-51-42(78)13-14-80-63(51)92/h13-14,26-30,36,43-50,52-61,68-72,93H,12,15-25,31-35H2,1-11H3,(H2,78,80)(H,103,104)(H,105,140)(H,106,141)(H,107,142)(H,108,143)(H2,79,82,98)(H,83,94,99)(H,84,95,100)(H,85,96,101)(H,86,97,102)/t43-,44?,45-,46-,47-,48-,49-,50-,52?,53?,54?,55?,56?,57+,58+,59+,60+,61+,68-,69-,70-,71-,72-,136?,137?,138?,139?/m1/s1. The molecule has 0 saturated carbocycles. The van der Waals surface area contributed by atoms with Gasteiger partial charge in [-0.1, -0.05) is 6.92 Å². The summed E-state index contributed by atoms with van der Waals surface area (Å²) in [4.78, 5) is 204. The number of phosphoric ester groups is 1. The van der Waals surface area contributed by atoms with E-state index in [2.05, 4.69) is 34.9 Å². The Morgan fingerprint density at radius 2 is 0.734 bits per heavy atom. The van der Waals surface area contributed by atoms with Gasteiger partial charge in [-0.15, -0.1) is 0 Å². The van der Waals surface area contributed by atoms with Gasteiger partial charge in [-0.05, 0) is 94.3 Å². The molecule has 0 aromatic carbocycles. The number of methoxy groups -OCH3 is 5. The van der Waals surface area contributed by atoms with Gasteiger partial charge in [0, 0.05) is 107 Å². The smallest absolute Gasteiger partial charge is 0.397 e. The Morgan fingerprint density at radius 1 is 0.406 bits per heavy atom. The van der Waals surface area contributed by atoms with Gasteiger partial charge in [0.05, 0.1) is 123 Å². The first-order chi connectivity index (χ1) is 67.8. The molecule has 6 aliphatic rings. The number of aromatic nitrogens is 13. The number of nitrogens with two attached hydrogens (primary N) is 2. The summed E-state index contributed by atoms with van der Waals surface area (Å²) in [5.74, 6) is -0.233. The second-order valence-electron chi connectivity index (χ2n) is 33.1. The normalized spacial score (nSPS) is 29.4. The first-order valence-electron chi connectivity index (χ1n) is 43.9. The molecule has 6 saturated heterocycles. The Kier molecular flexibility index (Phi) is 39.2. The number of H-pyrrole nitrogens is 4. The van der Waals surface area contributed by atoms with Gasteiger partial charge in [0.15, 0.2) is 36.8 Å². The van der Waals surface area contributed by atoms with Crippen molar-refractivity contribution in [2.24, 2.45) is 0 Å². The molecular formula is C77H112N15O42P5S4. The molecule has 7 aromatic heterocycles. The van der Waals surface area contributed by atoms with E-state index in [9.17, 15) is 72.7 Å². The van der Waals surface area contributed by atoms with Gasteiger partial charge in [-0.3, -0.25) is 89.1 Å². The molecule has 6 aliphatic heterocycles. The maximum Gasteiger partial charge on any atom is 0.472 e. The van der Waals surface area contributed by atoms with Crippen LogP contribution in [0.5, 0.6) is 0 Å². The van der Waals surface area contributed by atoms with Gasteiger partial charge in [0.2, 0.25) is 0 Å². The molecule has 143 heavy (non-hydrogen) atoms. The highest BCUT2D eigenvalue weighted by molar-refractivity contribution is 8.08. The van der Waals surface area contributed by atoms with Crippen LogP contribution in [-0.2, 0) is 173 Å². The molecule has 14 N–H and O–H groups in total. The van der Waals surface area contributed by atoms with Gasteiger partial charge in [-0.25, -0.2) is 38.5 Å². The van der Waals surface area contributed by atoms with Crippen molar-refractivity contribution in [2.45, 2.75) is 196 Å². The van der Waals surface area contributed by atoms with E-state index in [1.807, 2.05) is 0 Å². The molecular weight excluding hydrogens is 2090 g/mol. The van der Waals surface area contributed by atoms with Gasteiger partial charge in [0.1, 0.15) is 109 Å². The Balaban J connectivity index is 0.793. The number of ether oxygens (including phenoxy) is 16. The number of nitrogens with one attached hydrogen (secondary N) is 4. The fraction of sp³-hybridized carbons (Fsp3) is 0.662. The van der Waals surface area contributed by atoms with Crippen LogP contribution in [-0.4, -0.2) is 330 Å². The number of fused-ring (bicyclic) bond motifs is 1. The molecule has 57 nitrogen and oxygen atoms in total. The summed E-state index contributed by atoms with van der Waals surface area (Å²) in [5.41, 5.74) is 5.23. The molecule has 11 unspecified atom stereocenters. The molecule has 796 valence electrons. The van der Waals surface area contributed by atoms with E-state index in [0.29, 0.717) is 5.52 Å². The number of pyridine rings is 1. The Morgan fingerprint density at radius 3 is 1.13 bits per heavy atom. The van der Waals surface area contributed by atoms with E-state index < -0.39 is 273 Å². The Hall–Kier alpha value is -6.63. The molecule has 0 radical (unpaired) electrons. The number of hydrogen-bond donors (Lipinski definition) is 12. The summed E-state index contributed by atoms with van der Waals surface area (Å²) in [7, 11) is 0.796. The SMILES string of the molecule is CC[C@H]1O[C@@H](n2cc(C)c(=O)[nH]c2=O)CC1OP(O)(=S)OC[C@H]1O[C@@H](n2cc(C)c(=O)[nH]c2=O)[C@@H](OCCOC)C1OP(O)(=S)OC[C@H]1O[C@@H](n2cc(C)c(N)nc2=O)[C@@H](OCCOC)C1OP(=O)(O)OC[C@H]1O[C@@H](n2cc(C)c(=O)[nH]c2=O)[C@@H](OCCOC)C1OP(O)(=S)OC[C@H]1O[C@@H](n2cc(C)c(=O)[nH]c2=O)[C@@H](OCCOC)C1OP(O)(=S)OC[C@H]1O[C@@H](n2cnc3c(N)ccnc32)[C@@H](OCCOC)C1O. The van der Waals surface area contributed by atoms with E-state index >= 15 is 4.57 Å². The van der Waals surface area contributed by atoms with Crippen molar-refractivity contribution < 1.29 is 155 Å². The monoisotopic (exact) mass is 2200 g/mol. The van der Waals surface area contributed by atoms with Gasteiger partial charge in [-0.2, -0.15) is 4.98 Å². The zero-order valence-electron chi connectivity index (χ0n) is 78.3. The Bertz CT molecular complexity index is 6430. The number of aryl methyl sites for hydroxylation is 5. The van der Waals surface area contributed by atoms with Crippen molar-refractivity contribution in [1.82, 2.24) is 62.3 Å². The number of rotatable bonds is 52. The third-order valence-electron chi connectivity index (χ3n) is 23.3. The predicted molar refractivity (Wildman–Crippen MR) is 506 cm³/mol. The number of nitrogen functional groups attached to an aromatic ring is 2. The summed E-state index contributed by atoms with van der Waals surface area (Å²) < 4.78 is 179. The van der Waals surface area contributed by atoms with E-state index in [1.54, 1.807) is 6.92 Å². The molecule has 13 rings (SSSR count). The van der Waals surface area contributed by atoms with Gasteiger partial charge < -0.3 is 139 Å². The summed E-state index contributed by atoms with van der Waals surface area (Å²) in [6.45, 7) is -17.6. The lowest BCUT2D eigenvalue weighted by Crippen LogP contribution is -2.42. The molecule has 0 amide bonds. The van der Waals surface area contributed by atoms with E-state index in [-0.39, 0.29) is 111 Å². The minimum Gasteiger partial charge on any atom is -0.397 e. The van der Waals surface area contributed by atoms with Crippen LogP contribution in [0.1, 0.15) is 85.0 Å². The lowest BCUT2D eigenvalue weighted by Gasteiger charge is -2.30. The number of aliphatic hydroxyl groups is 1. The zero-order chi connectivity index (χ0) is 104. The zero-order valence-corrected chi connectivity index (χ0v) is 86.1. The van der Waals surface area contributed by atoms with Crippen molar-refractivity contribution in [1.29, 1.82) is 0 Å². The van der Waals surface area contributed by atoms with Gasteiger partial charge >= 0.3 is 63.1 Å². The highest BCUT2D eigenvalue weighted by Gasteiger charge is 2.58. The molecule has 28 atom stereocenters. The number of anilines is 2. The number of aliphatic hydroxyl groups excluding tert-OH is 1. The maximum atomic E-state index is 15.4.